The SMILES string of the molecule is CC.CC.CCC(CC)C(F)(F)F.CC[C@@H](C)C(F)(F)F. The molecule has 0 aromatic carbocycles. The third-order valence-electron chi connectivity index (χ3n) is 2.62. The summed E-state index contributed by atoms with van der Waals surface area (Å²) in [6.07, 6.45) is -7.41. The van der Waals surface area contributed by atoms with Crippen LogP contribution in [0.4, 0.5) is 26.3 Å². The van der Waals surface area contributed by atoms with Crippen LogP contribution < -0.4 is 0 Å². The van der Waals surface area contributed by atoms with Crippen molar-refractivity contribution in [2.75, 3.05) is 0 Å². The maximum Gasteiger partial charge on any atom is 0.391 e. The zero-order valence-electron chi connectivity index (χ0n) is 14.5. The minimum absolute atomic E-state index is 0.170. The molecule has 0 aliphatic heterocycles. The van der Waals surface area contributed by atoms with Gasteiger partial charge in [0.2, 0.25) is 0 Å². The van der Waals surface area contributed by atoms with E-state index in [0.717, 1.165) is 0 Å². The first kappa shape index (κ1) is 28.7. The second-order valence-electron chi connectivity index (χ2n) is 3.91. The van der Waals surface area contributed by atoms with E-state index in [-0.39, 0.29) is 19.3 Å². The lowest BCUT2D eigenvalue weighted by molar-refractivity contribution is -0.175. The Bertz CT molecular complexity index is 180. The average Bonchev–Trinajstić information content (AvgIpc) is 2.41. The maximum absolute atomic E-state index is 11.7. The molecule has 0 N–H and O–H groups in total. The molecule has 6 heteroatoms. The monoisotopic (exact) mass is 326 g/mol. The van der Waals surface area contributed by atoms with Gasteiger partial charge in [-0.2, -0.15) is 26.3 Å². The minimum atomic E-state index is -3.99. The molecule has 134 valence electrons. The van der Waals surface area contributed by atoms with E-state index in [1.165, 1.54) is 13.8 Å². The molecule has 21 heavy (non-hydrogen) atoms. The van der Waals surface area contributed by atoms with Gasteiger partial charge < -0.3 is 0 Å². The molecule has 0 rings (SSSR count). The van der Waals surface area contributed by atoms with E-state index in [9.17, 15) is 26.3 Å². The second kappa shape index (κ2) is 16.0. The largest absolute Gasteiger partial charge is 0.391 e. The Morgan fingerprint density at radius 3 is 0.905 bits per heavy atom. The summed E-state index contributed by atoms with van der Waals surface area (Å²) in [7, 11) is 0. The van der Waals surface area contributed by atoms with Crippen molar-refractivity contribution in [3.05, 3.63) is 0 Å². The van der Waals surface area contributed by atoms with Crippen molar-refractivity contribution < 1.29 is 26.3 Å². The second-order valence-corrected chi connectivity index (χ2v) is 3.91. The number of alkyl halides is 6. The van der Waals surface area contributed by atoms with Crippen molar-refractivity contribution in [2.45, 2.75) is 87.0 Å². The molecular formula is C15H32F6. The van der Waals surface area contributed by atoms with Gasteiger partial charge in [-0.25, -0.2) is 0 Å². The Morgan fingerprint density at radius 2 is 0.905 bits per heavy atom. The highest BCUT2D eigenvalue weighted by molar-refractivity contribution is 4.62. The lowest BCUT2D eigenvalue weighted by atomic mass is 10.0. The molecule has 0 aliphatic rings. The molecule has 0 aromatic heterocycles. The molecule has 1 atom stereocenters. The third-order valence-corrected chi connectivity index (χ3v) is 2.62. The zero-order valence-corrected chi connectivity index (χ0v) is 14.5. The summed E-state index contributed by atoms with van der Waals surface area (Å²) >= 11 is 0. The van der Waals surface area contributed by atoms with E-state index >= 15 is 0 Å². The van der Waals surface area contributed by atoms with E-state index in [1.807, 2.05) is 27.7 Å². The standard InChI is InChI=1S/C6H11F3.C5H9F3.2C2H6/c1-3-5(4-2)6(7,8)9;1-3-4(2)5(6,7)8;2*1-2/h5H,3-4H2,1-2H3;4H,3H2,1-2H3;2*1-2H3/t;4-;;/m.1../s1. The van der Waals surface area contributed by atoms with Gasteiger partial charge in [0, 0.05) is 0 Å². The first-order valence-electron chi connectivity index (χ1n) is 7.63. The molecule has 0 nitrogen and oxygen atoms in total. The summed E-state index contributed by atoms with van der Waals surface area (Å²) < 4.78 is 69.5. The van der Waals surface area contributed by atoms with Crippen LogP contribution in [0.25, 0.3) is 0 Å². The van der Waals surface area contributed by atoms with Crippen LogP contribution in [-0.2, 0) is 0 Å². The third kappa shape index (κ3) is 19.6. The van der Waals surface area contributed by atoms with Crippen LogP contribution in [0.2, 0.25) is 0 Å². The van der Waals surface area contributed by atoms with Crippen LogP contribution in [0.1, 0.15) is 74.7 Å². The predicted molar refractivity (Wildman–Crippen MR) is 78.3 cm³/mol. The zero-order chi connectivity index (χ0) is 18.3. The molecule has 0 saturated carbocycles. The highest BCUT2D eigenvalue weighted by Crippen LogP contribution is 2.30. The molecular weight excluding hydrogens is 294 g/mol. The Balaban J connectivity index is -0.000000111. The fourth-order valence-electron chi connectivity index (χ4n) is 0.983. The lowest BCUT2D eigenvalue weighted by Gasteiger charge is -2.15. The highest BCUT2D eigenvalue weighted by atomic mass is 19.4. The summed E-state index contributed by atoms with van der Waals surface area (Å²) in [5.74, 6) is -2.25. The van der Waals surface area contributed by atoms with Gasteiger partial charge in [-0.15, -0.1) is 0 Å². The molecule has 0 bridgehead atoms. The summed E-state index contributed by atoms with van der Waals surface area (Å²) in [4.78, 5) is 0. The number of hydrogen-bond donors (Lipinski definition) is 0. The van der Waals surface area contributed by atoms with Gasteiger partial charge in [0.25, 0.3) is 0 Å². The first-order valence-corrected chi connectivity index (χ1v) is 7.63. The lowest BCUT2D eigenvalue weighted by Crippen LogP contribution is -2.20. The van der Waals surface area contributed by atoms with Gasteiger partial charge in [0.15, 0.2) is 0 Å². The Kier molecular flexibility index (Phi) is 21.8. The molecule has 0 unspecified atom stereocenters. The van der Waals surface area contributed by atoms with Crippen LogP contribution in [-0.4, -0.2) is 12.4 Å². The van der Waals surface area contributed by atoms with Gasteiger partial charge in [0.1, 0.15) is 0 Å². The summed E-state index contributed by atoms with van der Waals surface area (Å²) in [6.45, 7) is 13.8. The average molecular weight is 326 g/mol. The van der Waals surface area contributed by atoms with Gasteiger partial charge in [-0.05, 0) is 19.3 Å². The van der Waals surface area contributed by atoms with Crippen LogP contribution in [0, 0.1) is 11.8 Å². The van der Waals surface area contributed by atoms with Gasteiger partial charge >= 0.3 is 12.4 Å². The van der Waals surface area contributed by atoms with Crippen LogP contribution in [0.15, 0.2) is 0 Å². The minimum Gasteiger partial charge on any atom is -0.171 e. The van der Waals surface area contributed by atoms with Crippen molar-refractivity contribution in [1.82, 2.24) is 0 Å². The molecule has 0 aromatic rings. The molecule has 0 aliphatic carbocycles. The van der Waals surface area contributed by atoms with Crippen molar-refractivity contribution >= 4 is 0 Å². The Hall–Kier alpha value is -0.420. The molecule has 0 spiro atoms. The normalized spacial score (nSPS) is 12.1. The Labute approximate surface area is 126 Å². The van der Waals surface area contributed by atoms with E-state index in [1.54, 1.807) is 13.8 Å². The van der Waals surface area contributed by atoms with E-state index in [2.05, 4.69) is 0 Å². The van der Waals surface area contributed by atoms with Crippen molar-refractivity contribution in [1.29, 1.82) is 0 Å². The van der Waals surface area contributed by atoms with Crippen LogP contribution in [0.3, 0.4) is 0 Å². The molecule has 0 heterocycles. The van der Waals surface area contributed by atoms with Gasteiger partial charge in [-0.1, -0.05) is 55.4 Å². The molecule has 0 saturated heterocycles. The number of rotatable bonds is 3. The smallest absolute Gasteiger partial charge is 0.171 e. The highest BCUT2D eigenvalue weighted by Gasteiger charge is 2.36. The van der Waals surface area contributed by atoms with Crippen LogP contribution in [0.5, 0.6) is 0 Å². The van der Waals surface area contributed by atoms with Gasteiger partial charge in [0.05, 0.1) is 11.8 Å². The van der Waals surface area contributed by atoms with Crippen molar-refractivity contribution in [3.63, 3.8) is 0 Å². The van der Waals surface area contributed by atoms with Crippen molar-refractivity contribution in [2.24, 2.45) is 11.8 Å². The van der Waals surface area contributed by atoms with E-state index < -0.39 is 24.2 Å². The number of halogens is 6. The van der Waals surface area contributed by atoms with Gasteiger partial charge in [-0.3, -0.25) is 0 Å². The fraction of sp³-hybridized carbons (Fsp3) is 1.00. The van der Waals surface area contributed by atoms with E-state index in [0.29, 0.717) is 0 Å². The quantitative estimate of drug-likeness (QED) is 0.468. The summed E-state index contributed by atoms with van der Waals surface area (Å²) in [6, 6.07) is 0. The predicted octanol–water partition coefficient (Wildman–Crippen LogP) is 7.63. The van der Waals surface area contributed by atoms with E-state index in [4.69, 9.17) is 0 Å². The molecule has 0 radical (unpaired) electrons. The topological polar surface area (TPSA) is 0 Å². The first-order chi connectivity index (χ1) is 9.50. The molecule has 0 amide bonds. The summed E-state index contributed by atoms with van der Waals surface area (Å²) in [5, 5.41) is 0. The summed E-state index contributed by atoms with van der Waals surface area (Å²) in [5.41, 5.74) is 0. The fourth-order valence-corrected chi connectivity index (χ4v) is 0.983. The van der Waals surface area contributed by atoms with Crippen molar-refractivity contribution in [3.8, 4) is 0 Å². The maximum atomic E-state index is 11.7. The molecule has 0 fully saturated rings. The van der Waals surface area contributed by atoms with Crippen LogP contribution >= 0.6 is 0 Å². The Morgan fingerprint density at radius 1 is 0.619 bits per heavy atom. The number of hydrogen-bond acceptors (Lipinski definition) is 0.